The lowest BCUT2D eigenvalue weighted by molar-refractivity contribution is 0.152. The van der Waals surface area contributed by atoms with Gasteiger partial charge in [-0.3, -0.25) is 5.73 Å². The number of amides is 1. The van der Waals surface area contributed by atoms with Gasteiger partial charge in [0, 0.05) is 0 Å². The van der Waals surface area contributed by atoms with Gasteiger partial charge in [-0.2, -0.15) is 4.99 Å². The third kappa shape index (κ3) is 0.747. The molecule has 0 saturated carbocycles. The highest BCUT2D eigenvalue weighted by atomic mass is 16.6. The number of nitrogens with zero attached hydrogens (tertiary/aromatic N) is 1. The van der Waals surface area contributed by atoms with Gasteiger partial charge in [0.1, 0.15) is 0 Å². The van der Waals surface area contributed by atoms with Gasteiger partial charge in [-0.15, -0.1) is 0 Å². The molecule has 38 valence electrons. The summed E-state index contributed by atoms with van der Waals surface area (Å²) in [6, 6.07) is 0. The summed E-state index contributed by atoms with van der Waals surface area (Å²) in [5.41, 5.74) is 5.03. The maximum Gasteiger partial charge on any atom is 0.435 e. The van der Waals surface area contributed by atoms with Gasteiger partial charge in [-0.1, -0.05) is 0 Å². The van der Waals surface area contributed by atoms with Gasteiger partial charge in [-0.25, -0.2) is 4.79 Å². The average molecular weight is 100 g/mol. The molecule has 7 heavy (non-hydrogen) atoms. The van der Waals surface area contributed by atoms with Crippen LogP contribution in [-0.2, 0) is 4.74 Å². The van der Waals surface area contributed by atoms with E-state index >= 15 is 0 Å². The van der Waals surface area contributed by atoms with Crippen molar-refractivity contribution in [3.05, 3.63) is 0 Å². The number of rotatable bonds is 0. The molecule has 1 unspecified atom stereocenters. The number of nitrogens with two attached hydrogens (primary N) is 1. The minimum Gasteiger partial charge on any atom is -0.424 e. The number of carbonyl (C=O) groups is 1. The first-order chi connectivity index (χ1) is 3.29. The summed E-state index contributed by atoms with van der Waals surface area (Å²) in [6.07, 6.45) is 0.0301. The third-order valence-corrected chi connectivity index (χ3v) is 0.564. The van der Waals surface area contributed by atoms with Gasteiger partial charge in [0.2, 0.25) is 0 Å². The van der Waals surface area contributed by atoms with Crippen LogP contribution in [0, 0.1) is 0 Å². The maximum atomic E-state index is 9.95. The normalized spacial score (nSPS) is 28.1. The number of aliphatic imine (C=N–C) groups is 1. The average Bonchev–Trinajstić information content (AvgIpc) is 1.87. The molecule has 0 aromatic heterocycles. The zero-order valence-corrected chi connectivity index (χ0v) is 3.50. The molecule has 1 amide bonds. The van der Waals surface area contributed by atoms with Crippen molar-refractivity contribution in [3.63, 3.8) is 0 Å². The molecule has 1 heterocycles. The highest BCUT2D eigenvalue weighted by Crippen LogP contribution is 1.92. The Morgan fingerprint density at radius 3 is 2.86 bits per heavy atom. The molecule has 0 aromatic rings. The van der Waals surface area contributed by atoms with E-state index in [9.17, 15) is 4.79 Å². The predicted molar refractivity (Wildman–Crippen MR) is 22.9 cm³/mol. The molecule has 1 rings (SSSR count). The van der Waals surface area contributed by atoms with Gasteiger partial charge in [0.15, 0.2) is 6.23 Å². The molecule has 0 saturated heterocycles. The summed E-state index contributed by atoms with van der Waals surface area (Å²) in [7, 11) is 0. The number of hydrogen-bond donors (Lipinski definition) is 1. The lowest BCUT2D eigenvalue weighted by Crippen LogP contribution is -2.20. The first-order valence-corrected chi connectivity index (χ1v) is 1.79. The second-order valence-electron chi connectivity index (χ2n) is 1.13. The molecule has 1 aliphatic heterocycles. The number of hydrogen-bond acceptors (Lipinski definition) is 3. The topological polar surface area (TPSA) is 64.7 Å². The van der Waals surface area contributed by atoms with Crippen molar-refractivity contribution in [2.45, 2.75) is 6.23 Å². The standard InChI is InChI=1S/C3H4N2O2/c4-2-1-5-3(6)7-2/h1-2H,4H2. The van der Waals surface area contributed by atoms with Crippen molar-refractivity contribution in [1.29, 1.82) is 0 Å². The summed E-state index contributed by atoms with van der Waals surface area (Å²) in [5.74, 6) is 0. The van der Waals surface area contributed by atoms with Crippen molar-refractivity contribution < 1.29 is 9.53 Å². The number of ether oxygens (including phenoxy) is 1. The van der Waals surface area contributed by atoms with E-state index in [-0.39, 0.29) is 0 Å². The maximum absolute atomic E-state index is 9.95. The van der Waals surface area contributed by atoms with Crippen LogP contribution in [0.15, 0.2) is 4.99 Å². The fourth-order valence-electron chi connectivity index (χ4n) is 0.312. The molecule has 1 aliphatic rings. The van der Waals surface area contributed by atoms with Gasteiger partial charge in [-0.05, 0) is 0 Å². The van der Waals surface area contributed by atoms with E-state index in [0.29, 0.717) is 0 Å². The molecule has 0 spiro atoms. The quantitative estimate of drug-likeness (QED) is 0.446. The molecule has 0 aromatic carbocycles. The lowest BCUT2D eigenvalue weighted by Gasteiger charge is -1.92. The molecular weight excluding hydrogens is 96.0 g/mol. The lowest BCUT2D eigenvalue weighted by atomic mass is 10.7. The van der Waals surface area contributed by atoms with E-state index in [1.807, 2.05) is 0 Å². The Kier molecular flexibility index (Phi) is 0.796. The Bertz CT molecular complexity index is 120. The number of cyclic esters (lactones) is 1. The minimum absolute atomic E-state index is 0.604. The number of carbonyl (C=O) groups excluding carboxylic acids is 1. The molecule has 0 aliphatic carbocycles. The highest BCUT2D eigenvalue weighted by molar-refractivity contribution is 5.86. The van der Waals surface area contributed by atoms with Crippen LogP contribution in [0.5, 0.6) is 0 Å². The fraction of sp³-hybridized carbons (Fsp3) is 0.333. The molecule has 1 atom stereocenters. The Hall–Kier alpha value is -0.900. The van der Waals surface area contributed by atoms with E-state index in [0.717, 1.165) is 0 Å². The van der Waals surface area contributed by atoms with Crippen molar-refractivity contribution in [3.8, 4) is 0 Å². The summed E-state index contributed by atoms with van der Waals surface area (Å²) in [4.78, 5) is 13.2. The van der Waals surface area contributed by atoms with Crippen molar-refractivity contribution in [1.82, 2.24) is 0 Å². The molecular formula is C3H4N2O2. The van der Waals surface area contributed by atoms with Gasteiger partial charge >= 0.3 is 6.09 Å². The van der Waals surface area contributed by atoms with Gasteiger partial charge < -0.3 is 4.74 Å². The van der Waals surface area contributed by atoms with Crippen LogP contribution in [0.3, 0.4) is 0 Å². The van der Waals surface area contributed by atoms with E-state index in [4.69, 9.17) is 5.73 Å². The highest BCUT2D eigenvalue weighted by Gasteiger charge is 2.11. The van der Waals surface area contributed by atoms with Crippen molar-refractivity contribution >= 4 is 12.3 Å². The Labute approximate surface area is 40.0 Å². The SMILES string of the molecule is NC1C=NC(=O)O1. The van der Waals surface area contributed by atoms with E-state index < -0.39 is 12.3 Å². The van der Waals surface area contributed by atoms with Crippen LogP contribution in [0.1, 0.15) is 0 Å². The van der Waals surface area contributed by atoms with Crippen LogP contribution in [0.25, 0.3) is 0 Å². The Morgan fingerprint density at radius 1 is 2.00 bits per heavy atom. The zero-order valence-electron chi connectivity index (χ0n) is 3.50. The van der Waals surface area contributed by atoms with E-state index in [2.05, 4.69) is 9.73 Å². The second-order valence-corrected chi connectivity index (χ2v) is 1.13. The summed E-state index contributed by atoms with van der Waals surface area (Å²) in [5, 5.41) is 0. The molecule has 0 fully saturated rings. The van der Waals surface area contributed by atoms with Crippen LogP contribution in [0.2, 0.25) is 0 Å². The Balaban J connectivity index is 2.58. The molecule has 0 radical (unpaired) electrons. The van der Waals surface area contributed by atoms with Crippen LogP contribution in [0.4, 0.5) is 4.79 Å². The van der Waals surface area contributed by atoms with Gasteiger partial charge in [0.05, 0.1) is 6.21 Å². The third-order valence-electron chi connectivity index (χ3n) is 0.564. The monoisotopic (exact) mass is 100 g/mol. The smallest absolute Gasteiger partial charge is 0.424 e. The van der Waals surface area contributed by atoms with Gasteiger partial charge in [0.25, 0.3) is 0 Å². The first-order valence-electron chi connectivity index (χ1n) is 1.79. The van der Waals surface area contributed by atoms with Crippen LogP contribution < -0.4 is 5.73 Å². The largest absolute Gasteiger partial charge is 0.435 e. The van der Waals surface area contributed by atoms with Crippen LogP contribution in [-0.4, -0.2) is 18.5 Å². The molecule has 2 N–H and O–H groups in total. The summed E-state index contributed by atoms with van der Waals surface area (Å²) >= 11 is 0. The molecule has 4 heteroatoms. The predicted octanol–water partition coefficient (Wildman–Crippen LogP) is -0.508. The fourth-order valence-corrected chi connectivity index (χ4v) is 0.312. The van der Waals surface area contributed by atoms with Crippen LogP contribution >= 0.6 is 0 Å². The molecule has 4 nitrogen and oxygen atoms in total. The minimum atomic E-state index is -0.618. The van der Waals surface area contributed by atoms with Crippen molar-refractivity contribution in [2.75, 3.05) is 0 Å². The van der Waals surface area contributed by atoms with Crippen molar-refractivity contribution in [2.24, 2.45) is 10.7 Å². The second kappa shape index (κ2) is 1.31. The Morgan fingerprint density at radius 2 is 2.71 bits per heavy atom. The van der Waals surface area contributed by atoms with E-state index in [1.165, 1.54) is 6.21 Å². The summed E-state index contributed by atoms with van der Waals surface area (Å²) < 4.78 is 4.28. The first kappa shape index (κ1) is 4.26. The zero-order chi connectivity index (χ0) is 5.28. The van der Waals surface area contributed by atoms with E-state index in [1.54, 1.807) is 0 Å². The molecule has 0 bridgehead atoms. The summed E-state index contributed by atoms with van der Waals surface area (Å²) in [6.45, 7) is 0.